The maximum absolute atomic E-state index is 13.4. The molecular weight excluding hydrogens is 329 g/mol. The highest BCUT2D eigenvalue weighted by Crippen LogP contribution is 2.18. The molecule has 0 saturated carbocycles. The van der Waals surface area contributed by atoms with E-state index in [0.29, 0.717) is 4.47 Å². The van der Waals surface area contributed by atoms with Crippen LogP contribution in [-0.4, -0.2) is 17.0 Å². The van der Waals surface area contributed by atoms with Crippen LogP contribution in [-0.2, 0) is 0 Å². The SMILES string of the molecule is O=C(O)c1cc(Br)cc(C(=O)Nc2ccccc2F)c1. The summed E-state index contributed by atoms with van der Waals surface area (Å²) in [6.07, 6.45) is 0. The van der Waals surface area contributed by atoms with Gasteiger partial charge in [-0.1, -0.05) is 28.1 Å². The van der Waals surface area contributed by atoms with E-state index in [-0.39, 0.29) is 16.8 Å². The molecule has 0 aromatic heterocycles. The lowest BCUT2D eigenvalue weighted by molar-refractivity contribution is 0.0697. The predicted octanol–water partition coefficient (Wildman–Crippen LogP) is 3.54. The molecule has 0 fully saturated rings. The Hall–Kier alpha value is -2.21. The van der Waals surface area contributed by atoms with Crippen molar-refractivity contribution in [1.29, 1.82) is 0 Å². The number of nitrogens with one attached hydrogen (secondary N) is 1. The van der Waals surface area contributed by atoms with Crippen LogP contribution in [0, 0.1) is 5.82 Å². The zero-order chi connectivity index (χ0) is 14.7. The normalized spacial score (nSPS) is 10.1. The fraction of sp³-hybridized carbons (Fsp3) is 0. The van der Waals surface area contributed by atoms with Gasteiger partial charge in [-0.2, -0.15) is 0 Å². The summed E-state index contributed by atoms with van der Waals surface area (Å²) in [6, 6.07) is 9.80. The molecule has 102 valence electrons. The van der Waals surface area contributed by atoms with Gasteiger partial charge in [-0.05, 0) is 30.3 Å². The first-order valence-corrected chi connectivity index (χ1v) is 6.36. The lowest BCUT2D eigenvalue weighted by Gasteiger charge is -2.07. The van der Waals surface area contributed by atoms with E-state index in [0.717, 1.165) is 0 Å². The van der Waals surface area contributed by atoms with Gasteiger partial charge in [0, 0.05) is 10.0 Å². The minimum absolute atomic E-state index is 0.0296. The Balaban J connectivity index is 2.30. The topological polar surface area (TPSA) is 66.4 Å². The van der Waals surface area contributed by atoms with Crippen LogP contribution >= 0.6 is 15.9 Å². The summed E-state index contributed by atoms with van der Waals surface area (Å²) in [5.41, 5.74) is 0.132. The van der Waals surface area contributed by atoms with E-state index >= 15 is 0 Å². The van der Waals surface area contributed by atoms with Gasteiger partial charge in [0.05, 0.1) is 11.3 Å². The number of rotatable bonds is 3. The second kappa shape index (κ2) is 5.83. The summed E-state index contributed by atoms with van der Waals surface area (Å²) in [7, 11) is 0. The first-order valence-electron chi connectivity index (χ1n) is 5.57. The molecule has 0 saturated heterocycles. The number of carbonyl (C=O) groups excluding carboxylic acids is 1. The number of carboxylic acids is 1. The number of hydrogen-bond donors (Lipinski definition) is 2. The number of amides is 1. The van der Waals surface area contributed by atoms with E-state index < -0.39 is 17.7 Å². The number of benzene rings is 2. The second-order valence-electron chi connectivity index (χ2n) is 3.97. The summed E-state index contributed by atoms with van der Waals surface area (Å²) < 4.78 is 13.9. The van der Waals surface area contributed by atoms with Crippen molar-refractivity contribution in [3.63, 3.8) is 0 Å². The zero-order valence-corrected chi connectivity index (χ0v) is 11.6. The molecule has 2 rings (SSSR count). The van der Waals surface area contributed by atoms with Crippen LogP contribution in [0.5, 0.6) is 0 Å². The first-order chi connectivity index (χ1) is 9.47. The van der Waals surface area contributed by atoms with Crippen molar-refractivity contribution in [2.24, 2.45) is 0 Å². The second-order valence-corrected chi connectivity index (χ2v) is 4.88. The van der Waals surface area contributed by atoms with Crippen LogP contribution in [0.1, 0.15) is 20.7 Å². The molecule has 0 bridgehead atoms. The Bertz CT molecular complexity index is 688. The molecular formula is C14H9BrFNO3. The third kappa shape index (κ3) is 3.21. The summed E-state index contributed by atoms with van der Waals surface area (Å²) in [5, 5.41) is 11.3. The average molecular weight is 338 g/mol. The van der Waals surface area contributed by atoms with Gasteiger partial charge < -0.3 is 10.4 Å². The van der Waals surface area contributed by atoms with Crippen molar-refractivity contribution in [3.8, 4) is 0 Å². The Morgan fingerprint density at radius 3 is 2.40 bits per heavy atom. The average Bonchev–Trinajstić information content (AvgIpc) is 2.40. The van der Waals surface area contributed by atoms with Crippen molar-refractivity contribution in [3.05, 3.63) is 63.9 Å². The fourth-order valence-electron chi connectivity index (χ4n) is 1.60. The van der Waals surface area contributed by atoms with Crippen molar-refractivity contribution in [2.75, 3.05) is 5.32 Å². The number of hydrogen-bond acceptors (Lipinski definition) is 2. The summed E-state index contributed by atoms with van der Waals surface area (Å²) >= 11 is 3.13. The largest absolute Gasteiger partial charge is 0.478 e. The van der Waals surface area contributed by atoms with Gasteiger partial charge in [-0.15, -0.1) is 0 Å². The van der Waals surface area contributed by atoms with Crippen molar-refractivity contribution >= 4 is 33.5 Å². The van der Waals surface area contributed by atoms with Crippen molar-refractivity contribution in [1.82, 2.24) is 0 Å². The molecule has 20 heavy (non-hydrogen) atoms. The maximum Gasteiger partial charge on any atom is 0.335 e. The highest BCUT2D eigenvalue weighted by atomic mass is 79.9. The highest BCUT2D eigenvalue weighted by molar-refractivity contribution is 9.10. The fourth-order valence-corrected chi connectivity index (χ4v) is 2.09. The summed E-state index contributed by atoms with van der Waals surface area (Å²) in [4.78, 5) is 22.9. The van der Waals surface area contributed by atoms with Gasteiger partial charge in [0.25, 0.3) is 5.91 Å². The van der Waals surface area contributed by atoms with Gasteiger partial charge in [0.15, 0.2) is 0 Å². The molecule has 2 N–H and O–H groups in total. The molecule has 0 aliphatic rings. The highest BCUT2D eigenvalue weighted by Gasteiger charge is 2.13. The number of para-hydroxylation sites is 1. The van der Waals surface area contributed by atoms with Crippen molar-refractivity contribution in [2.45, 2.75) is 0 Å². The number of aromatic carboxylic acids is 1. The number of carbonyl (C=O) groups is 2. The lowest BCUT2D eigenvalue weighted by Crippen LogP contribution is -2.14. The molecule has 0 aliphatic heterocycles. The van der Waals surface area contributed by atoms with Crippen LogP contribution in [0.25, 0.3) is 0 Å². The Morgan fingerprint density at radius 2 is 1.75 bits per heavy atom. The number of anilines is 1. The molecule has 1 amide bonds. The Labute approximate surface area is 122 Å². The van der Waals surface area contributed by atoms with Crippen LogP contribution in [0.2, 0.25) is 0 Å². The van der Waals surface area contributed by atoms with Gasteiger partial charge in [-0.25, -0.2) is 9.18 Å². The van der Waals surface area contributed by atoms with E-state index in [1.807, 2.05) is 0 Å². The minimum atomic E-state index is -1.15. The minimum Gasteiger partial charge on any atom is -0.478 e. The molecule has 0 heterocycles. The van der Waals surface area contributed by atoms with Crippen LogP contribution in [0.3, 0.4) is 0 Å². The molecule has 4 nitrogen and oxygen atoms in total. The van der Waals surface area contributed by atoms with Crippen molar-refractivity contribution < 1.29 is 19.1 Å². The smallest absolute Gasteiger partial charge is 0.335 e. The van der Waals surface area contributed by atoms with Gasteiger partial charge in [-0.3, -0.25) is 4.79 Å². The number of halogens is 2. The predicted molar refractivity (Wildman–Crippen MR) is 75.5 cm³/mol. The monoisotopic (exact) mass is 337 g/mol. The third-order valence-electron chi connectivity index (χ3n) is 2.53. The van der Waals surface area contributed by atoms with E-state index in [1.165, 1.54) is 36.4 Å². The van der Waals surface area contributed by atoms with E-state index in [9.17, 15) is 14.0 Å². The third-order valence-corrected chi connectivity index (χ3v) is 2.99. The molecule has 0 spiro atoms. The zero-order valence-electron chi connectivity index (χ0n) is 10.1. The maximum atomic E-state index is 13.4. The molecule has 2 aromatic rings. The quantitative estimate of drug-likeness (QED) is 0.900. The van der Waals surface area contributed by atoms with Crippen LogP contribution in [0.15, 0.2) is 46.9 Å². The van der Waals surface area contributed by atoms with Crippen LogP contribution < -0.4 is 5.32 Å². The number of carboxylic acid groups (broad SMARTS) is 1. The molecule has 0 aliphatic carbocycles. The Kier molecular flexibility index (Phi) is 4.14. The van der Waals surface area contributed by atoms with Gasteiger partial charge in [0.2, 0.25) is 0 Å². The lowest BCUT2D eigenvalue weighted by atomic mass is 10.1. The summed E-state index contributed by atoms with van der Waals surface area (Å²) in [6.45, 7) is 0. The van der Waals surface area contributed by atoms with E-state index in [2.05, 4.69) is 21.2 Å². The van der Waals surface area contributed by atoms with Gasteiger partial charge >= 0.3 is 5.97 Å². The summed E-state index contributed by atoms with van der Waals surface area (Å²) in [5.74, 6) is -2.29. The van der Waals surface area contributed by atoms with E-state index in [1.54, 1.807) is 6.07 Å². The van der Waals surface area contributed by atoms with Crippen LogP contribution in [0.4, 0.5) is 10.1 Å². The first kappa shape index (κ1) is 14.2. The molecule has 0 atom stereocenters. The molecule has 0 unspecified atom stereocenters. The molecule has 0 radical (unpaired) electrons. The molecule has 2 aromatic carbocycles. The van der Waals surface area contributed by atoms with E-state index in [4.69, 9.17) is 5.11 Å². The van der Waals surface area contributed by atoms with Gasteiger partial charge in [0.1, 0.15) is 5.82 Å². The Morgan fingerprint density at radius 1 is 1.10 bits per heavy atom. The molecule has 6 heteroatoms. The standard InChI is InChI=1S/C14H9BrFNO3/c15-10-6-8(5-9(7-10)14(19)20)13(18)17-12-4-2-1-3-11(12)16/h1-7H,(H,17,18)(H,19,20).